The topological polar surface area (TPSA) is 67.4 Å². The van der Waals surface area contributed by atoms with Gasteiger partial charge >= 0.3 is 0 Å². The molecule has 2 unspecified atom stereocenters. The first kappa shape index (κ1) is 27.4. The highest BCUT2D eigenvalue weighted by Crippen LogP contribution is 2.42. The van der Waals surface area contributed by atoms with E-state index in [1.807, 2.05) is 24.3 Å². The fourth-order valence-electron chi connectivity index (χ4n) is 5.54. The number of nitrogens with one attached hydrogen (secondary N) is 2. The monoisotopic (exact) mass is 560 g/mol. The van der Waals surface area contributed by atoms with Gasteiger partial charge < -0.3 is 10.1 Å². The second kappa shape index (κ2) is 11.9. The van der Waals surface area contributed by atoms with Crippen LogP contribution in [-0.2, 0) is 22.2 Å². The van der Waals surface area contributed by atoms with Gasteiger partial charge in [-0.25, -0.2) is 4.21 Å². The van der Waals surface area contributed by atoms with E-state index in [2.05, 4.69) is 72.8 Å². The van der Waals surface area contributed by atoms with Crippen LogP contribution < -0.4 is 14.8 Å². The van der Waals surface area contributed by atoms with E-state index in [0.29, 0.717) is 15.4 Å². The van der Waals surface area contributed by atoms with Crippen molar-refractivity contribution in [1.29, 1.82) is 0 Å². The number of carbonyl (C=O) groups is 1. The Balaban J connectivity index is 1.31. The zero-order chi connectivity index (χ0) is 27.5. The maximum absolute atomic E-state index is 12.1. The molecule has 0 aromatic heterocycles. The van der Waals surface area contributed by atoms with Gasteiger partial charge in [0.05, 0.1) is 17.6 Å². The fraction of sp³-hybridized carbons (Fsp3) is 0.312. The van der Waals surface area contributed by atoms with Gasteiger partial charge in [0.1, 0.15) is 5.75 Å². The van der Waals surface area contributed by atoms with E-state index in [1.54, 1.807) is 0 Å². The van der Waals surface area contributed by atoms with Crippen molar-refractivity contribution < 1.29 is 13.7 Å². The number of hydrogen-bond acceptors (Lipinski definition) is 4. The minimum absolute atomic E-state index is 0.223. The molecule has 2 aliphatic rings. The highest BCUT2D eigenvalue weighted by Gasteiger charge is 2.26. The lowest BCUT2D eigenvalue weighted by atomic mass is 9.90. The Kier molecular flexibility index (Phi) is 8.38. The zero-order valence-corrected chi connectivity index (χ0v) is 24.6. The van der Waals surface area contributed by atoms with E-state index in [9.17, 15) is 9.00 Å². The zero-order valence-electron chi connectivity index (χ0n) is 23.0. The smallest absolute Gasteiger partial charge is 0.257 e. The highest BCUT2D eigenvalue weighted by molar-refractivity contribution is 8.14. The summed E-state index contributed by atoms with van der Waals surface area (Å²) in [6.45, 7) is 7.26. The molecule has 1 amide bonds. The molecule has 0 spiro atoms. The van der Waals surface area contributed by atoms with E-state index < -0.39 is 11.0 Å². The second-order valence-corrected chi connectivity index (χ2v) is 13.6. The summed E-state index contributed by atoms with van der Waals surface area (Å²) in [5, 5.41) is 5.97. The van der Waals surface area contributed by atoms with Crippen LogP contribution in [0.25, 0.3) is 16.0 Å². The van der Waals surface area contributed by atoms with Crippen molar-refractivity contribution in [3.8, 4) is 16.9 Å². The lowest BCUT2D eigenvalue weighted by molar-refractivity contribution is -0.114. The molecule has 5 nitrogen and oxygen atoms in total. The lowest BCUT2D eigenvalue weighted by Gasteiger charge is -2.19. The standard InChI is InChI=1S/C32H36N2O3S2/c1-5-38(4)17-7-16-37-25-18-21(2)32(22(3)19-25)28-9-6-8-27-26(28)14-15-29(27)33-24-12-10-23(11-13-24)30-20-31(35)34-39(30)36/h5-6,8-13,18-20,29,33H,7,14-17H2,1-4H3,(H,34,35)/t29-,38?,39?/m1/s1. The van der Waals surface area contributed by atoms with Crippen molar-refractivity contribution >= 4 is 43.3 Å². The molecule has 39 heavy (non-hydrogen) atoms. The average molecular weight is 561 g/mol. The number of hydrogen-bond donors (Lipinski definition) is 2. The van der Waals surface area contributed by atoms with Crippen molar-refractivity contribution in [2.45, 2.75) is 46.1 Å². The number of amides is 1. The maximum Gasteiger partial charge on any atom is 0.257 e. The van der Waals surface area contributed by atoms with Crippen LogP contribution in [0.15, 0.2) is 60.7 Å². The Morgan fingerprint density at radius 1 is 1.13 bits per heavy atom. The predicted molar refractivity (Wildman–Crippen MR) is 167 cm³/mol. The Bertz CT molecular complexity index is 1470. The van der Waals surface area contributed by atoms with Crippen molar-refractivity contribution in [3.05, 3.63) is 88.5 Å². The summed E-state index contributed by atoms with van der Waals surface area (Å²) in [5.41, 5.74) is 9.66. The molecule has 1 aliphatic carbocycles. The summed E-state index contributed by atoms with van der Waals surface area (Å²) in [6, 6.07) is 19.1. The van der Waals surface area contributed by atoms with Crippen molar-refractivity contribution in [3.63, 3.8) is 0 Å². The summed E-state index contributed by atoms with van der Waals surface area (Å²) < 4.78 is 20.6. The van der Waals surface area contributed by atoms with Crippen molar-refractivity contribution in [2.75, 3.05) is 23.9 Å². The van der Waals surface area contributed by atoms with Crippen molar-refractivity contribution in [2.24, 2.45) is 0 Å². The molecule has 3 aromatic rings. The Labute approximate surface area is 236 Å². The first-order valence-corrected chi connectivity index (χ1v) is 16.4. The summed E-state index contributed by atoms with van der Waals surface area (Å²) >= 11 is 0. The van der Waals surface area contributed by atoms with E-state index >= 15 is 0 Å². The van der Waals surface area contributed by atoms with Gasteiger partial charge in [0, 0.05) is 11.8 Å². The van der Waals surface area contributed by atoms with Crippen LogP contribution in [0.3, 0.4) is 0 Å². The molecule has 0 radical (unpaired) electrons. The number of aryl methyl sites for hydroxylation is 2. The van der Waals surface area contributed by atoms with Crippen LogP contribution in [0.5, 0.6) is 5.75 Å². The third-order valence-corrected chi connectivity index (χ3v) is 10.4. The maximum atomic E-state index is 12.1. The predicted octanol–water partition coefficient (Wildman–Crippen LogP) is 6.69. The van der Waals surface area contributed by atoms with E-state index in [1.165, 1.54) is 45.2 Å². The molecule has 2 N–H and O–H groups in total. The van der Waals surface area contributed by atoms with Gasteiger partial charge in [-0.05, 0) is 115 Å². The van der Waals surface area contributed by atoms with E-state index in [-0.39, 0.29) is 11.9 Å². The van der Waals surface area contributed by atoms with Gasteiger partial charge in [-0.2, -0.15) is 10.5 Å². The molecule has 3 atom stereocenters. The molecule has 0 saturated heterocycles. The van der Waals surface area contributed by atoms with Crippen LogP contribution in [0.1, 0.15) is 53.6 Å². The normalized spacial score (nSPS) is 19.0. The third kappa shape index (κ3) is 6.04. The minimum Gasteiger partial charge on any atom is -0.494 e. The van der Waals surface area contributed by atoms with Crippen LogP contribution in [0.2, 0.25) is 0 Å². The van der Waals surface area contributed by atoms with Crippen LogP contribution in [0.4, 0.5) is 5.69 Å². The molecule has 3 aromatic carbocycles. The van der Waals surface area contributed by atoms with Crippen LogP contribution in [-0.4, -0.2) is 34.1 Å². The van der Waals surface area contributed by atoms with Gasteiger partial charge in [-0.1, -0.05) is 35.7 Å². The summed E-state index contributed by atoms with van der Waals surface area (Å²) in [6.07, 6.45) is 6.80. The molecule has 1 heterocycles. The number of anilines is 1. The van der Waals surface area contributed by atoms with Crippen LogP contribution >= 0.6 is 10.5 Å². The molecule has 5 rings (SSSR count). The summed E-state index contributed by atoms with van der Waals surface area (Å²) in [4.78, 5) is 12.0. The Morgan fingerprint density at radius 3 is 2.54 bits per heavy atom. The number of ether oxygens (including phenoxy) is 1. The molecular weight excluding hydrogens is 524 g/mol. The molecule has 0 saturated carbocycles. The first-order valence-electron chi connectivity index (χ1n) is 13.4. The number of fused-ring (bicyclic) bond motifs is 1. The van der Waals surface area contributed by atoms with E-state index in [4.69, 9.17) is 4.74 Å². The van der Waals surface area contributed by atoms with Gasteiger partial charge in [-0.15, -0.1) is 0 Å². The minimum atomic E-state index is -1.48. The largest absolute Gasteiger partial charge is 0.494 e. The van der Waals surface area contributed by atoms with E-state index in [0.717, 1.165) is 42.9 Å². The number of benzene rings is 3. The molecule has 0 fully saturated rings. The SMILES string of the molecule is C/C=S(\C)CCCOc1cc(C)c(-c2cccc3c2CC[C@H]3Nc2ccc(C3=CC(=O)NS3=O)cc2)c(C)c1. The lowest BCUT2D eigenvalue weighted by Crippen LogP contribution is -2.16. The van der Waals surface area contributed by atoms with Gasteiger partial charge in [0.2, 0.25) is 0 Å². The van der Waals surface area contributed by atoms with Gasteiger partial charge in [-0.3, -0.25) is 9.52 Å². The molecule has 204 valence electrons. The molecule has 1 aliphatic heterocycles. The van der Waals surface area contributed by atoms with Gasteiger partial charge in [0.15, 0.2) is 11.0 Å². The molecule has 0 bridgehead atoms. The van der Waals surface area contributed by atoms with Crippen LogP contribution in [0, 0.1) is 13.8 Å². The first-order chi connectivity index (χ1) is 18.8. The summed E-state index contributed by atoms with van der Waals surface area (Å²) in [7, 11) is -1.11. The Morgan fingerprint density at radius 2 is 1.87 bits per heavy atom. The molecular formula is C32H36N2O3S2. The quantitative estimate of drug-likeness (QED) is 0.226. The summed E-state index contributed by atoms with van der Waals surface area (Å²) in [5.74, 6) is 1.82. The molecule has 7 heteroatoms. The van der Waals surface area contributed by atoms with Crippen molar-refractivity contribution in [1.82, 2.24) is 4.72 Å². The fourth-order valence-corrected chi connectivity index (χ4v) is 7.26. The Hall–Kier alpha value is -3.16. The number of carbonyl (C=O) groups excluding carboxylic acids is 1. The average Bonchev–Trinajstić information content (AvgIpc) is 3.48. The third-order valence-electron chi connectivity index (χ3n) is 7.49. The number of rotatable bonds is 9. The van der Waals surface area contributed by atoms with Gasteiger partial charge in [0.25, 0.3) is 5.91 Å². The highest BCUT2D eigenvalue weighted by atomic mass is 32.2. The second-order valence-electron chi connectivity index (χ2n) is 10.2.